The van der Waals surface area contributed by atoms with E-state index in [1.165, 1.54) is 30.2 Å². The van der Waals surface area contributed by atoms with Crippen LogP contribution in [0.2, 0.25) is 5.02 Å². The van der Waals surface area contributed by atoms with E-state index in [4.69, 9.17) is 21.1 Å². The number of methoxy groups -OCH3 is 1. The van der Waals surface area contributed by atoms with Gasteiger partial charge in [0.1, 0.15) is 18.2 Å². The highest BCUT2D eigenvalue weighted by Crippen LogP contribution is 2.35. The zero-order chi connectivity index (χ0) is 23.5. The molecule has 0 amide bonds. The smallest absolute Gasteiger partial charge is 0.433 e. The molecule has 0 bridgehead atoms. The molecule has 1 aromatic carbocycles. The Kier molecular flexibility index (Phi) is 7.79. The van der Waals surface area contributed by atoms with E-state index in [1.807, 2.05) is 0 Å². The lowest BCUT2D eigenvalue weighted by Crippen LogP contribution is -2.28. The highest BCUT2D eigenvalue weighted by molar-refractivity contribution is 7.98. The molecule has 7 nitrogen and oxygen atoms in total. The van der Waals surface area contributed by atoms with Gasteiger partial charge in [-0.1, -0.05) is 23.4 Å². The minimum Gasteiger partial charge on any atom is -0.491 e. The molecule has 0 aliphatic carbocycles. The predicted molar refractivity (Wildman–Crippen MR) is 115 cm³/mol. The number of hydrogen-bond acceptors (Lipinski definition) is 8. The number of hydrogen-bond donors (Lipinski definition) is 0. The molecular weight excluding hydrogens is 491 g/mol. The second kappa shape index (κ2) is 10.0. The van der Waals surface area contributed by atoms with Crippen molar-refractivity contribution in [3.8, 4) is 5.75 Å². The second-order valence-corrected chi connectivity index (χ2v) is 10.3. The number of benzene rings is 1. The van der Waals surface area contributed by atoms with Crippen molar-refractivity contribution in [3.05, 3.63) is 35.0 Å². The average Bonchev–Trinajstić information content (AvgIpc) is 3.24. The van der Waals surface area contributed by atoms with E-state index < -0.39 is 27.0 Å². The monoisotopic (exact) mass is 511 g/mol. The van der Waals surface area contributed by atoms with E-state index in [0.29, 0.717) is 12.4 Å². The van der Waals surface area contributed by atoms with Crippen molar-refractivity contribution in [2.45, 2.75) is 27.9 Å². The fraction of sp³-hybridized carbons (Fsp3) is 0.474. The van der Waals surface area contributed by atoms with Gasteiger partial charge < -0.3 is 14.4 Å². The number of sulfone groups is 1. The third-order valence-corrected chi connectivity index (χ3v) is 8.04. The lowest BCUT2D eigenvalue weighted by atomic mass is 10.3. The Hall–Kier alpha value is -1.76. The molecule has 1 atom stereocenters. The number of ether oxygens (including phenoxy) is 2. The van der Waals surface area contributed by atoms with Crippen LogP contribution < -0.4 is 9.64 Å². The fourth-order valence-electron chi connectivity index (χ4n) is 3.23. The summed E-state index contributed by atoms with van der Waals surface area (Å²) in [6.45, 7) is 0.884. The number of thioether (sulfide) groups is 1. The van der Waals surface area contributed by atoms with E-state index in [2.05, 4.69) is 9.97 Å². The Morgan fingerprint density at radius 2 is 2.00 bits per heavy atom. The summed E-state index contributed by atoms with van der Waals surface area (Å²) in [6.07, 6.45) is -2.83. The van der Waals surface area contributed by atoms with Gasteiger partial charge in [0.05, 0.1) is 21.8 Å². The number of aromatic nitrogens is 2. The highest BCUT2D eigenvalue weighted by atomic mass is 35.5. The summed E-state index contributed by atoms with van der Waals surface area (Å²) in [5, 5.41) is -0.861. The summed E-state index contributed by atoms with van der Waals surface area (Å²) in [4.78, 5) is 9.11. The van der Waals surface area contributed by atoms with Crippen molar-refractivity contribution >= 4 is 39.0 Å². The van der Waals surface area contributed by atoms with Crippen LogP contribution in [0.3, 0.4) is 0 Å². The lowest BCUT2D eigenvalue weighted by molar-refractivity contribution is -0.141. The number of halogens is 4. The van der Waals surface area contributed by atoms with Gasteiger partial charge in [0.25, 0.3) is 0 Å². The maximum absolute atomic E-state index is 13.2. The van der Waals surface area contributed by atoms with Gasteiger partial charge in [-0.2, -0.15) is 13.2 Å². The van der Waals surface area contributed by atoms with Crippen molar-refractivity contribution in [1.82, 2.24) is 9.97 Å². The Balaban J connectivity index is 1.80. The van der Waals surface area contributed by atoms with Crippen molar-refractivity contribution in [1.29, 1.82) is 0 Å². The van der Waals surface area contributed by atoms with Crippen LogP contribution in [0.4, 0.5) is 19.0 Å². The second-order valence-electron chi connectivity index (χ2n) is 6.93. The zero-order valence-electron chi connectivity index (χ0n) is 17.2. The first-order chi connectivity index (χ1) is 15.1. The minimum absolute atomic E-state index is 0.00706. The van der Waals surface area contributed by atoms with E-state index in [9.17, 15) is 21.6 Å². The molecule has 1 saturated heterocycles. The molecule has 1 aliphatic rings. The average molecular weight is 512 g/mol. The summed E-state index contributed by atoms with van der Waals surface area (Å²) in [7, 11) is -2.30. The number of rotatable bonds is 8. The van der Waals surface area contributed by atoms with Crippen LogP contribution in [0.15, 0.2) is 34.3 Å². The molecule has 0 radical (unpaired) electrons. The third-order valence-electron chi connectivity index (χ3n) is 4.84. The van der Waals surface area contributed by atoms with Crippen LogP contribution in [0.1, 0.15) is 12.1 Å². The molecular formula is C19H21ClF3N3O4S2. The van der Waals surface area contributed by atoms with Crippen molar-refractivity contribution in [3.63, 3.8) is 0 Å². The van der Waals surface area contributed by atoms with Crippen molar-refractivity contribution in [2.75, 3.05) is 44.6 Å². The molecule has 32 heavy (non-hydrogen) atoms. The molecule has 1 fully saturated rings. The molecule has 2 aromatic rings. The molecule has 0 saturated carbocycles. The summed E-state index contributed by atoms with van der Waals surface area (Å²) >= 11 is 7.20. The first kappa shape index (κ1) is 24.9. The van der Waals surface area contributed by atoms with Gasteiger partial charge in [0.2, 0.25) is 0 Å². The number of anilines is 1. The molecule has 0 spiro atoms. The first-order valence-corrected chi connectivity index (χ1v) is 12.6. The normalized spacial score (nSPS) is 17.1. The van der Waals surface area contributed by atoms with Crippen LogP contribution in [-0.2, 0) is 20.8 Å². The van der Waals surface area contributed by atoms with Crippen molar-refractivity contribution < 1.29 is 31.1 Å². The largest absolute Gasteiger partial charge is 0.491 e. The zero-order valence-corrected chi connectivity index (χ0v) is 19.6. The van der Waals surface area contributed by atoms with Crippen LogP contribution in [0, 0.1) is 0 Å². The van der Waals surface area contributed by atoms with Crippen LogP contribution in [-0.4, -0.2) is 63.3 Å². The highest BCUT2D eigenvalue weighted by Gasteiger charge is 2.38. The van der Waals surface area contributed by atoms with Crippen molar-refractivity contribution in [2.24, 2.45) is 0 Å². The van der Waals surface area contributed by atoms with Gasteiger partial charge >= 0.3 is 6.18 Å². The molecule has 176 valence electrons. The number of nitrogens with zero attached hydrogens (tertiary/aromatic N) is 3. The summed E-state index contributed by atoms with van der Waals surface area (Å²) in [5.41, 5.74) is -1.06. The maximum Gasteiger partial charge on any atom is 0.433 e. The molecule has 13 heteroatoms. The molecule has 1 aromatic heterocycles. The Labute approximate surface area is 193 Å². The van der Waals surface area contributed by atoms with Crippen LogP contribution in [0.5, 0.6) is 5.75 Å². The Bertz CT molecular complexity index is 1070. The standard InChI is InChI=1S/C19H21ClF3N3O4S2/c1-29-7-8-30-12-3-4-15(14(20)9-12)32(27,28)13-5-6-26(11-13)17-10-16(19(21,22)23)24-18(25-17)31-2/h3-4,9-10,13H,5-8,11H2,1-2H3. The topological polar surface area (TPSA) is 81.6 Å². The van der Waals surface area contributed by atoms with Gasteiger partial charge in [0.15, 0.2) is 20.7 Å². The van der Waals surface area contributed by atoms with Crippen LogP contribution in [0.25, 0.3) is 0 Å². The lowest BCUT2D eigenvalue weighted by Gasteiger charge is -2.20. The van der Waals surface area contributed by atoms with E-state index >= 15 is 0 Å². The Morgan fingerprint density at radius 1 is 1.25 bits per heavy atom. The third kappa shape index (κ3) is 5.59. The van der Waals surface area contributed by atoms with Gasteiger partial charge in [-0.3, -0.25) is 0 Å². The fourth-order valence-corrected chi connectivity index (χ4v) is 5.83. The van der Waals surface area contributed by atoms with Gasteiger partial charge in [-0.15, -0.1) is 0 Å². The molecule has 1 unspecified atom stereocenters. The maximum atomic E-state index is 13.2. The number of alkyl halides is 3. The van der Waals surface area contributed by atoms with Gasteiger partial charge in [-0.05, 0) is 24.8 Å². The molecule has 3 rings (SSSR count). The summed E-state index contributed by atoms with van der Waals surface area (Å²) in [5.74, 6) is 0.451. The van der Waals surface area contributed by atoms with Gasteiger partial charge in [0, 0.05) is 32.3 Å². The van der Waals surface area contributed by atoms with Crippen LogP contribution >= 0.6 is 23.4 Å². The van der Waals surface area contributed by atoms with Gasteiger partial charge in [-0.25, -0.2) is 18.4 Å². The summed E-state index contributed by atoms with van der Waals surface area (Å²) < 4.78 is 76.2. The Morgan fingerprint density at radius 3 is 2.62 bits per heavy atom. The predicted octanol–water partition coefficient (Wildman–Crippen LogP) is 3.95. The van der Waals surface area contributed by atoms with E-state index in [1.54, 1.807) is 6.26 Å². The summed E-state index contributed by atoms with van der Waals surface area (Å²) in [6, 6.07) is 5.14. The quantitative estimate of drug-likeness (QED) is 0.299. The molecule has 0 N–H and O–H groups in total. The van der Waals surface area contributed by atoms with E-state index in [-0.39, 0.29) is 47.0 Å². The molecule has 1 aliphatic heterocycles. The van der Waals surface area contributed by atoms with E-state index in [0.717, 1.165) is 17.8 Å². The molecule has 2 heterocycles. The first-order valence-electron chi connectivity index (χ1n) is 9.46. The SMILES string of the molecule is COCCOc1ccc(S(=O)(=O)C2CCN(c3cc(C(F)(F)F)nc(SC)n3)C2)c(Cl)c1. The minimum atomic E-state index is -4.63.